The summed E-state index contributed by atoms with van der Waals surface area (Å²) in [5.41, 5.74) is 3.43. The lowest BCUT2D eigenvalue weighted by molar-refractivity contribution is 0.616. The minimum Gasteiger partial charge on any atom is -0.437 e. The van der Waals surface area contributed by atoms with Gasteiger partial charge in [-0.15, -0.1) is 11.8 Å². The maximum absolute atomic E-state index is 6.68. The Hall–Kier alpha value is -3.08. The van der Waals surface area contributed by atoms with Crippen molar-refractivity contribution in [2.24, 2.45) is 0 Å². The van der Waals surface area contributed by atoms with Gasteiger partial charge in [-0.25, -0.2) is 4.98 Å². The number of aromatic nitrogens is 2. The number of halogens is 1. The van der Waals surface area contributed by atoms with Crippen molar-refractivity contribution in [2.75, 3.05) is 0 Å². The molecule has 0 amide bonds. The summed E-state index contributed by atoms with van der Waals surface area (Å²) in [4.78, 5) is 10.4. The number of rotatable bonds is 5. The van der Waals surface area contributed by atoms with Crippen LogP contribution in [0.4, 0.5) is 0 Å². The zero-order chi connectivity index (χ0) is 20.3. The van der Waals surface area contributed by atoms with E-state index in [4.69, 9.17) is 21.0 Å². The normalized spacial score (nSPS) is 11.1. The van der Waals surface area contributed by atoms with Crippen molar-refractivity contribution >= 4 is 34.5 Å². The van der Waals surface area contributed by atoms with Crippen molar-refractivity contribution in [3.05, 3.63) is 102 Å². The van der Waals surface area contributed by atoms with E-state index in [-0.39, 0.29) is 0 Å². The third-order valence-electron chi connectivity index (χ3n) is 4.76. The number of hydrogen-bond donors (Lipinski definition) is 0. The van der Waals surface area contributed by atoms with Gasteiger partial charge < -0.3 is 4.42 Å². The second kappa shape index (κ2) is 8.34. The van der Waals surface area contributed by atoms with E-state index in [1.54, 1.807) is 11.8 Å². The summed E-state index contributed by atoms with van der Waals surface area (Å²) in [6.45, 7) is 0. The van der Waals surface area contributed by atoms with Gasteiger partial charge in [-0.1, -0.05) is 90.5 Å². The van der Waals surface area contributed by atoms with Crippen molar-refractivity contribution in [1.82, 2.24) is 9.97 Å². The fourth-order valence-electron chi connectivity index (χ4n) is 3.40. The van der Waals surface area contributed by atoms with Crippen LogP contribution in [0.25, 0.3) is 33.6 Å². The Balaban J connectivity index is 1.63. The summed E-state index contributed by atoms with van der Waals surface area (Å²) in [5, 5.41) is 1.16. The number of nitrogens with zero attached hydrogens (tertiary/aromatic N) is 2. The van der Waals surface area contributed by atoms with Gasteiger partial charge in [0, 0.05) is 16.0 Å². The Morgan fingerprint density at radius 3 is 2.00 bits per heavy atom. The van der Waals surface area contributed by atoms with E-state index >= 15 is 0 Å². The number of fused-ring (bicyclic) bond motifs is 1. The lowest BCUT2D eigenvalue weighted by Crippen LogP contribution is -1.94. The monoisotopic (exact) mass is 428 g/mol. The highest BCUT2D eigenvalue weighted by molar-refractivity contribution is 7.98. The van der Waals surface area contributed by atoms with Crippen molar-refractivity contribution < 1.29 is 4.42 Å². The van der Waals surface area contributed by atoms with E-state index in [2.05, 4.69) is 17.1 Å². The molecule has 2 heterocycles. The average Bonchev–Trinajstić information content (AvgIpc) is 3.20. The van der Waals surface area contributed by atoms with Gasteiger partial charge in [0.1, 0.15) is 16.7 Å². The van der Waals surface area contributed by atoms with Crippen LogP contribution in [0.3, 0.4) is 0 Å². The fraction of sp³-hybridized carbons (Fsp3) is 0.0400. The molecule has 0 saturated heterocycles. The zero-order valence-electron chi connectivity index (χ0n) is 16.0. The zero-order valence-corrected chi connectivity index (χ0v) is 17.5. The minimum atomic E-state index is 0.411. The van der Waals surface area contributed by atoms with Crippen LogP contribution >= 0.6 is 23.4 Å². The minimum absolute atomic E-state index is 0.411. The molecule has 3 nitrogen and oxygen atoms in total. The predicted molar refractivity (Wildman–Crippen MR) is 124 cm³/mol. The van der Waals surface area contributed by atoms with E-state index in [0.717, 1.165) is 32.7 Å². The topological polar surface area (TPSA) is 38.9 Å². The van der Waals surface area contributed by atoms with E-state index in [1.807, 2.05) is 78.9 Å². The number of furan rings is 1. The molecule has 146 valence electrons. The molecule has 0 fully saturated rings. The van der Waals surface area contributed by atoms with Gasteiger partial charge in [0.2, 0.25) is 5.71 Å². The summed E-state index contributed by atoms with van der Waals surface area (Å²) in [5.74, 6) is 2.01. The third-order valence-corrected chi connectivity index (χ3v) is 6.04. The summed E-state index contributed by atoms with van der Waals surface area (Å²) in [7, 11) is 0. The maximum atomic E-state index is 6.68. The smallest absolute Gasteiger partial charge is 0.232 e. The summed E-state index contributed by atoms with van der Waals surface area (Å²) in [6, 6.07) is 30.3. The second-order valence-electron chi connectivity index (χ2n) is 6.75. The molecule has 0 atom stereocenters. The maximum Gasteiger partial charge on any atom is 0.232 e. The highest BCUT2D eigenvalue weighted by Gasteiger charge is 2.22. The quantitative estimate of drug-likeness (QED) is 0.214. The molecular formula is C25H17ClN2OS. The van der Waals surface area contributed by atoms with Crippen LogP contribution in [0.15, 0.2) is 100 Å². The molecular weight excluding hydrogens is 412 g/mol. The van der Waals surface area contributed by atoms with Crippen molar-refractivity contribution in [3.63, 3.8) is 0 Å². The lowest BCUT2D eigenvalue weighted by atomic mass is 10.00. The van der Waals surface area contributed by atoms with Crippen LogP contribution in [-0.2, 0) is 5.75 Å². The molecule has 0 bridgehead atoms. The van der Waals surface area contributed by atoms with Gasteiger partial charge in [0.05, 0.1) is 11.1 Å². The Labute approximate surface area is 183 Å². The average molecular weight is 429 g/mol. The van der Waals surface area contributed by atoms with Crippen LogP contribution in [0.2, 0.25) is 5.15 Å². The third kappa shape index (κ3) is 3.72. The van der Waals surface area contributed by atoms with Crippen LogP contribution in [0, 0.1) is 0 Å². The SMILES string of the molecule is Clc1nc(CSc2ccccc2)nc2oc(-c3ccccc3)c(-c3ccccc3)c12. The highest BCUT2D eigenvalue weighted by Crippen LogP contribution is 2.42. The van der Waals surface area contributed by atoms with Gasteiger partial charge >= 0.3 is 0 Å². The predicted octanol–water partition coefficient (Wildman–Crippen LogP) is 7.50. The fourth-order valence-corrected chi connectivity index (χ4v) is 4.45. The Kier molecular flexibility index (Phi) is 5.26. The first-order valence-corrected chi connectivity index (χ1v) is 10.9. The number of hydrogen-bond acceptors (Lipinski definition) is 4. The Morgan fingerprint density at radius 1 is 0.733 bits per heavy atom. The number of benzene rings is 3. The van der Waals surface area contributed by atoms with E-state index in [9.17, 15) is 0 Å². The summed E-state index contributed by atoms with van der Waals surface area (Å²) < 4.78 is 6.27. The standard InChI is InChI=1S/C25H17ClN2OS/c26-24-22-21(17-10-4-1-5-11-17)23(18-12-6-2-7-13-18)29-25(22)28-20(27-24)16-30-19-14-8-3-9-15-19/h1-15H,16H2. The van der Waals surface area contributed by atoms with Gasteiger partial charge in [-0.3, -0.25) is 0 Å². The molecule has 2 aromatic heterocycles. The van der Waals surface area contributed by atoms with E-state index in [0.29, 0.717) is 22.4 Å². The van der Waals surface area contributed by atoms with Crippen LogP contribution in [0.5, 0.6) is 0 Å². The van der Waals surface area contributed by atoms with E-state index < -0.39 is 0 Å². The molecule has 0 N–H and O–H groups in total. The molecule has 0 unspecified atom stereocenters. The van der Waals surface area contributed by atoms with Crippen molar-refractivity contribution in [2.45, 2.75) is 10.6 Å². The van der Waals surface area contributed by atoms with Crippen LogP contribution in [0.1, 0.15) is 5.82 Å². The molecule has 5 rings (SSSR count). The highest BCUT2D eigenvalue weighted by atomic mass is 35.5. The van der Waals surface area contributed by atoms with Gasteiger partial charge in [0.25, 0.3) is 0 Å². The molecule has 0 saturated carbocycles. The molecule has 30 heavy (non-hydrogen) atoms. The molecule has 0 aliphatic rings. The Morgan fingerprint density at radius 2 is 1.33 bits per heavy atom. The van der Waals surface area contributed by atoms with Gasteiger partial charge in [0.15, 0.2) is 0 Å². The van der Waals surface area contributed by atoms with Gasteiger partial charge in [-0.05, 0) is 17.7 Å². The summed E-state index contributed by atoms with van der Waals surface area (Å²) in [6.07, 6.45) is 0. The molecule has 0 radical (unpaired) electrons. The first-order chi connectivity index (χ1) is 14.8. The number of thioether (sulfide) groups is 1. The molecule has 3 aromatic carbocycles. The van der Waals surface area contributed by atoms with Gasteiger partial charge in [-0.2, -0.15) is 4.98 Å². The molecule has 0 aliphatic heterocycles. The molecule has 0 spiro atoms. The van der Waals surface area contributed by atoms with Crippen LogP contribution < -0.4 is 0 Å². The van der Waals surface area contributed by atoms with E-state index in [1.165, 1.54) is 0 Å². The first-order valence-electron chi connectivity index (χ1n) is 9.57. The summed E-state index contributed by atoms with van der Waals surface area (Å²) >= 11 is 8.35. The lowest BCUT2D eigenvalue weighted by Gasteiger charge is -2.05. The first kappa shape index (κ1) is 18.9. The second-order valence-corrected chi connectivity index (χ2v) is 8.16. The largest absolute Gasteiger partial charge is 0.437 e. The molecule has 5 heteroatoms. The van der Waals surface area contributed by atoms with Crippen molar-refractivity contribution in [3.8, 4) is 22.5 Å². The van der Waals surface area contributed by atoms with Crippen LogP contribution in [-0.4, -0.2) is 9.97 Å². The van der Waals surface area contributed by atoms with Crippen molar-refractivity contribution in [1.29, 1.82) is 0 Å². The Bertz CT molecular complexity index is 1290. The molecule has 0 aliphatic carbocycles. The molecule has 5 aromatic rings.